The van der Waals surface area contributed by atoms with Crippen LogP contribution in [0.3, 0.4) is 0 Å². The summed E-state index contributed by atoms with van der Waals surface area (Å²) in [5.41, 5.74) is 0.822. The summed E-state index contributed by atoms with van der Waals surface area (Å²) in [6.07, 6.45) is 5.11. The van der Waals surface area contributed by atoms with E-state index in [2.05, 4.69) is 33.1 Å². The van der Waals surface area contributed by atoms with E-state index in [0.717, 1.165) is 23.9 Å². The molecule has 1 fully saturated rings. The quantitative estimate of drug-likeness (QED) is 0.670. The average Bonchev–Trinajstić information content (AvgIpc) is 2.48. The van der Waals surface area contributed by atoms with Crippen molar-refractivity contribution in [1.82, 2.24) is 4.90 Å². The van der Waals surface area contributed by atoms with Gasteiger partial charge in [0.05, 0.1) is 0 Å². The van der Waals surface area contributed by atoms with Crippen LogP contribution in [-0.4, -0.2) is 23.4 Å². The van der Waals surface area contributed by atoms with Crippen LogP contribution in [0.1, 0.15) is 26.2 Å². The Labute approximate surface area is 133 Å². The standard InChI is InChI=1S/C16H18BrN3O/c1-12-4-2-3-9-20(12)11-13(10-18)16(21)19-15-7-5-14(17)6-8-15/h5-8,11-12H,2-4,9H2,1H3,(H,19,21)/b13-11-. The largest absolute Gasteiger partial charge is 0.373 e. The number of nitrogens with one attached hydrogen (secondary N) is 1. The highest BCUT2D eigenvalue weighted by Crippen LogP contribution is 2.18. The number of nitrogens with zero attached hydrogens (tertiary/aromatic N) is 2. The second-order valence-electron chi connectivity index (χ2n) is 5.20. The van der Waals surface area contributed by atoms with Gasteiger partial charge in [0.15, 0.2) is 0 Å². The van der Waals surface area contributed by atoms with Crippen molar-refractivity contribution >= 4 is 27.5 Å². The number of benzene rings is 1. The average molecular weight is 348 g/mol. The fourth-order valence-corrected chi connectivity index (χ4v) is 2.61. The first kappa shape index (κ1) is 15.6. The Balaban J connectivity index is 2.07. The smallest absolute Gasteiger partial charge is 0.267 e. The zero-order valence-electron chi connectivity index (χ0n) is 12.0. The predicted molar refractivity (Wildman–Crippen MR) is 86.5 cm³/mol. The molecule has 1 N–H and O–H groups in total. The highest BCUT2D eigenvalue weighted by Gasteiger charge is 2.18. The molecule has 1 aromatic rings. The molecule has 2 rings (SSSR count). The molecule has 1 atom stereocenters. The normalized spacial score (nSPS) is 19.0. The van der Waals surface area contributed by atoms with E-state index in [9.17, 15) is 10.1 Å². The van der Waals surface area contributed by atoms with Crippen molar-refractivity contribution < 1.29 is 4.79 Å². The summed E-state index contributed by atoms with van der Waals surface area (Å²) in [6, 6.07) is 9.65. The Morgan fingerprint density at radius 2 is 2.14 bits per heavy atom. The molecule has 1 saturated heterocycles. The number of piperidine rings is 1. The lowest BCUT2D eigenvalue weighted by molar-refractivity contribution is -0.112. The number of amides is 1. The molecule has 0 bridgehead atoms. The summed E-state index contributed by atoms with van der Waals surface area (Å²) in [7, 11) is 0. The summed E-state index contributed by atoms with van der Waals surface area (Å²) in [6.45, 7) is 3.02. The summed E-state index contributed by atoms with van der Waals surface area (Å²) in [5.74, 6) is -0.363. The van der Waals surface area contributed by atoms with Crippen LogP contribution in [0.4, 0.5) is 5.69 Å². The summed E-state index contributed by atoms with van der Waals surface area (Å²) >= 11 is 3.34. The molecule has 0 saturated carbocycles. The van der Waals surface area contributed by atoms with Gasteiger partial charge in [0, 0.05) is 28.9 Å². The maximum Gasteiger partial charge on any atom is 0.267 e. The van der Waals surface area contributed by atoms with Crippen LogP contribution in [0.2, 0.25) is 0 Å². The van der Waals surface area contributed by atoms with E-state index in [-0.39, 0.29) is 11.5 Å². The molecule has 1 heterocycles. The SMILES string of the molecule is CC1CCCCN1/C=C(/C#N)C(=O)Nc1ccc(Br)cc1. The maximum atomic E-state index is 12.2. The maximum absolute atomic E-state index is 12.2. The monoisotopic (exact) mass is 347 g/mol. The Morgan fingerprint density at radius 1 is 1.43 bits per heavy atom. The summed E-state index contributed by atoms with van der Waals surface area (Å²) in [5, 5.41) is 12.0. The number of hydrogen-bond donors (Lipinski definition) is 1. The summed E-state index contributed by atoms with van der Waals surface area (Å²) < 4.78 is 0.943. The van der Waals surface area contributed by atoms with Crippen LogP contribution in [0, 0.1) is 11.3 Å². The van der Waals surface area contributed by atoms with Gasteiger partial charge in [-0.15, -0.1) is 0 Å². The number of anilines is 1. The predicted octanol–water partition coefficient (Wildman–Crippen LogP) is 3.67. The Morgan fingerprint density at radius 3 is 2.76 bits per heavy atom. The molecule has 1 aliphatic rings. The topological polar surface area (TPSA) is 56.1 Å². The van der Waals surface area contributed by atoms with Gasteiger partial charge < -0.3 is 10.2 Å². The number of carbonyl (C=O) groups excluding carboxylic acids is 1. The van der Waals surface area contributed by atoms with Crippen LogP contribution in [0.25, 0.3) is 0 Å². The van der Waals surface area contributed by atoms with Crippen LogP contribution in [0.15, 0.2) is 40.5 Å². The van der Waals surface area contributed by atoms with Crippen LogP contribution in [-0.2, 0) is 4.79 Å². The minimum Gasteiger partial charge on any atom is -0.373 e. The highest BCUT2D eigenvalue weighted by atomic mass is 79.9. The van der Waals surface area contributed by atoms with Crippen molar-refractivity contribution in [1.29, 1.82) is 5.26 Å². The van der Waals surface area contributed by atoms with E-state index in [4.69, 9.17) is 0 Å². The number of likely N-dealkylation sites (tertiary alicyclic amines) is 1. The zero-order chi connectivity index (χ0) is 15.2. The van der Waals surface area contributed by atoms with E-state index >= 15 is 0 Å². The first-order chi connectivity index (χ1) is 10.1. The molecule has 1 unspecified atom stereocenters. The molecule has 1 amide bonds. The third-order valence-corrected chi connectivity index (χ3v) is 4.15. The molecule has 0 aliphatic carbocycles. The first-order valence-corrected chi connectivity index (χ1v) is 7.84. The number of carbonyl (C=O) groups is 1. The molecule has 0 spiro atoms. The van der Waals surface area contributed by atoms with Gasteiger partial charge in [0.2, 0.25) is 0 Å². The van der Waals surface area contributed by atoms with Crippen molar-refractivity contribution in [2.24, 2.45) is 0 Å². The third kappa shape index (κ3) is 4.33. The van der Waals surface area contributed by atoms with Crippen LogP contribution >= 0.6 is 15.9 Å². The van der Waals surface area contributed by atoms with Gasteiger partial charge >= 0.3 is 0 Å². The molecular formula is C16H18BrN3O. The molecule has 21 heavy (non-hydrogen) atoms. The van der Waals surface area contributed by atoms with Gasteiger partial charge in [0.25, 0.3) is 5.91 Å². The van der Waals surface area contributed by atoms with E-state index in [1.807, 2.05) is 18.2 Å². The van der Waals surface area contributed by atoms with Crippen molar-refractivity contribution in [3.8, 4) is 6.07 Å². The molecule has 5 heteroatoms. The van der Waals surface area contributed by atoms with Crippen molar-refractivity contribution in [2.45, 2.75) is 32.2 Å². The van der Waals surface area contributed by atoms with Crippen molar-refractivity contribution in [3.05, 3.63) is 40.5 Å². The minimum atomic E-state index is -0.363. The molecule has 4 nitrogen and oxygen atoms in total. The van der Waals surface area contributed by atoms with Gasteiger partial charge in [0.1, 0.15) is 11.6 Å². The van der Waals surface area contributed by atoms with E-state index < -0.39 is 0 Å². The molecule has 0 radical (unpaired) electrons. The van der Waals surface area contributed by atoms with Gasteiger partial charge in [-0.2, -0.15) is 5.26 Å². The van der Waals surface area contributed by atoms with Gasteiger partial charge in [-0.25, -0.2) is 0 Å². The Kier molecular flexibility index (Phi) is 5.40. The van der Waals surface area contributed by atoms with Gasteiger partial charge in [-0.05, 0) is 50.5 Å². The first-order valence-electron chi connectivity index (χ1n) is 7.04. The fraction of sp³-hybridized carbons (Fsp3) is 0.375. The van der Waals surface area contributed by atoms with Gasteiger partial charge in [-0.1, -0.05) is 15.9 Å². The lowest BCUT2D eigenvalue weighted by Gasteiger charge is -2.32. The van der Waals surface area contributed by atoms with E-state index in [1.165, 1.54) is 6.42 Å². The highest BCUT2D eigenvalue weighted by molar-refractivity contribution is 9.10. The third-order valence-electron chi connectivity index (χ3n) is 3.62. The zero-order valence-corrected chi connectivity index (χ0v) is 13.6. The van der Waals surface area contributed by atoms with E-state index in [0.29, 0.717) is 11.7 Å². The molecule has 1 aromatic carbocycles. The lowest BCUT2D eigenvalue weighted by atomic mass is 10.0. The molecule has 0 aromatic heterocycles. The number of nitriles is 1. The van der Waals surface area contributed by atoms with Crippen molar-refractivity contribution in [3.63, 3.8) is 0 Å². The second kappa shape index (κ2) is 7.28. The summed E-state index contributed by atoms with van der Waals surface area (Å²) in [4.78, 5) is 14.3. The van der Waals surface area contributed by atoms with Gasteiger partial charge in [-0.3, -0.25) is 4.79 Å². The molecular weight excluding hydrogens is 330 g/mol. The number of hydrogen-bond acceptors (Lipinski definition) is 3. The second-order valence-corrected chi connectivity index (χ2v) is 6.11. The van der Waals surface area contributed by atoms with E-state index in [1.54, 1.807) is 18.3 Å². The van der Waals surface area contributed by atoms with Crippen LogP contribution < -0.4 is 5.32 Å². The Hall–Kier alpha value is -1.80. The number of rotatable bonds is 3. The molecule has 1 aliphatic heterocycles. The minimum absolute atomic E-state index is 0.145. The number of halogens is 1. The lowest BCUT2D eigenvalue weighted by Crippen LogP contribution is -2.34. The van der Waals surface area contributed by atoms with Crippen molar-refractivity contribution in [2.75, 3.05) is 11.9 Å². The Bertz CT molecular complexity index is 574. The fourth-order valence-electron chi connectivity index (χ4n) is 2.35. The van der Waals surface area contributed by atoms with Crippen LogP contribution in [0.5, 0.6) is 0 Å². The molecule has 110 valence electrons.